The second kappa shape index (κ2) is 8.33. The molecular formula is C18H24F3N3O3. The molecule has 1 saturated carbocycles. The fourth-order valence-corrected chi connectivity index (χ4v) is 3.49. The zero-order chi connectivity index (χ0) is 19.4. The third-order valence-corrected chi connectivity index (χ3v) is 4.97. The van der Waals surface area contributed by atoms with Gasteiger partial charge in [0.1, 0.15) is 0 Å². The number of nitrogens with one attached hydrogen (secondary N) is 2. The van der Waals surface area contributed by atoms with E-state index >= 15 is 0 Å². The minimum Gasteiger partial charge on any atom is -0.481 e. The second-order valence-corrected chi connectivity index (χ2v) is 7.09. The summed E-state index contributed by atoms with van der Waals surface area (Å²) in [6.45, 7) is 0.849. The summed E-state index contributed by atoms with van der Waals surface area (Å²) < 4.78 is 51.2. The van der Waals surface area contributed by atoms with Gasteiger partial charge in [0, 0.05) is 24.9 Å². The largest absolute Gasteiger partial charge is 0.481 e. The predicted octanol–water partition coefficient (Wildman–Crippen LogP) is 2.41. The van der Waals surface area contributed by atoms with Gasteiger partial charge in [-0.15, -0.1) is 0 Å². The summed E-state index contributed by atoms with van der Waals surface area (Å²) in [6.07, 6.45) is 1.62. The number of hydrogen-bond donors (Lipinski definition) is 2. The van der Waals surface area contributed by atoms with E-state index < -0.39 is 11.7 Å². The van der Waals surface area contributed by atoms with E-state index in [4.69, 9.17) is 9.47 Å². The van der Waals surface area contributed by atoms with Gasteiger partial charge in [-0.3, -0.25) is 4.79 Å². The molecule has 2 atom stereocenters. The van der Waals surface area contributed by atoms with Gasteiger partial charge in [-0.2, -0.15) is 4.98 Å². The average Bonchev–Trinajstić information content (AvgIpc) is 3.28. The van der Waals surface area contributed by atoms with Gasteiger partial charge in [0.05, 0.1) is 19.8 Å². The van der Waals surface area contributed by atoms with Gasteiger partial charge in [0.2, 0.25) is 17.7 Å². The third-order valence-electron chi connectivity index (χ3n) is 4.97. The standard InChI is InChI=1S/C18H24F3N3O3/c1-26-16-12(9-23-15(25)14-3-2-6-22-14)7-13(19)17(24-16)27-10-11-4-5-18(20,21)8-11/h7,11,14,22H,2-6,8-10H2,1H3,(H,23,25)/t11-,14+/m1/s1. The molecule has 6 nitrogen and oxygen atoms in total. The van der Waals surface area contributed by atoms with Crippen molar-refractivity contribution < 1.29 is 27.4 Å². The van der Waals surface area contributed by atoms with Gasteiger partial charge in [-0.05, 0) is 37.8 Å². The van der Waals surface area contributed by atoms with Crippen LogP contribution in [0.25, 0.3) is 0 Å². The summed E-state index contributed by atoms with van der Waals surface area (Å²) in [5.74, 6) is -4.03. The first-order valence-electron chi connectivity index (χ1n) is 9.13. The highest BCUT2D eigenvalue weighted by molar-refractivity contribution is 5.82. The maximum absolute atomic E-state index is 14.3. The predicted molar refractivity (Wildman–Crippen MR) is 91.4 cm³/mol. The highest BCUT2D eigenvalue weighted by Gasteiger charge is 2.39. The zero-order valence-corrected chi connectivity index (χ0v) is 15.2. The van der Waals surface area contributed by atoms with Gasteiger partial charge < -0.3 is 20.1 Å². The van der Waals surface area contributed by atoms with Crippen LogP contribution in [0, 0.1) is 11.7 Å². The number of aromatic nitrogens is 1. The van der Waals surface area contributed by atoms with Crippen molar-refractivity contribution in [1.29, 1.82) is 0 Å². The lowest BCUT2D eigenvalue weighted by atomic mass is 10.1. The smallest absolute Gasteiger partial charge is 0.253 e. The Hall–Kier alpha value is -2.03. The molecule has 1 amide bonds. The molecule has 2 heterocycles. The summed E-state index contributed by atoms with van der Waals surface area (Å²) in [5.41, 5.74) is 0.376. The Morgan fingerprint density at radius 1 is 1.41 bits per heavy atom. The fourth-order valence-electron chi connectivity index (χ4n) is 3.49. The number of nitrogens with zero attached hydrogens (tertiary/aromatic N) is 1. The molecule has 2 N–H and O–H groups in total. The Kier molecular flexibility index (Phi) is 6.08. The molecule has 0 spiro atoms. The maximum atomic E-state index is 14.3. The van der Waals surface area contributed by atoms with Crippen molar-refractivity contribution in [2.24, 2.45) is 5.92 Å². The summed E-state index contributed by atoms with van der Waals surface area (Å²) in [4.78, 5) is 16.0. The SMILES string of the molecule is COc1nc(OC[C@@H]2CCC(F)(F)C2)c(F)cc1CNC(=O)[C@@H]1CCCN1. The second-order valence-electron chi connectivity index (χ2n) is 7.09. The number of rotatable bonds is 7. The minimum absolute atomic E-state index is 0.0217. The summed E-state index contributed by atoms with van der Waals surface area (Å²) in [7, 11) is 1.38. The third kappa shape index (κ3) is 5.03. The van der Waals surface area contributed by atoms with Gasteiger partial charge >= 0.3 is 0 Å². The van der Waals surface area contributed by atoms with E-state index in [0.717, 1.165) is 19.4 Å². The van der Waals surface area contributed by atoms with Crippen LogP contribution in [0.3, 0.4) is 0 Å². The molecule has 3 rings (SSSR count). The molecule has 27 heavy (non-hydrogen) atoms. The summed E-state index contributed by atoms with van der Waals surface area (Å²) in [5, 5.41) is 5.82. The summed E-state index contributed by atoms with van der Waals surface area (Å²) >= 11 is 0. The minimum atomic E-state index is -2.67. The van der Waals surface area contributed by atoms with E-state index in [1.165, 1.54) is 13.2 Å². The Labute approximate surface area is 155 Å². The van der Waals surface area contributed by atoms with Crippen LogP contribution in [0.5, 0.6) is 11.8 Å². The van der Waals surface area contributed by atoms with Crippen molar-refractivity contribution >= 4 is 5.91 Å². The van der Waals surface area contributed by atoms with Crippen LogP contribution < -0.4 is 20.1 Å². The maximum Gasteiger partial charge on any atom is 0.253 e. The van der Waals surface area contributed by atoms with E-state index in [1.807, 2.05) is 0 Å². The van der Waals surface area contributed by atoms with Crippen molar-refractivity contribution in [1.82, 2.24) is 15.6 Å². The van der Waals surface area contributed by atoms with Gasteiger partial charge in [0.15, 0.2) is 5.82 Å². The van der Waals surface area contributed by atoms with Gasteiger partial charge in [0.25, 0.3) is 5.88 Å². The van der Waals surface area contributed by atoms with Crippen molar-refractivity contribution in [2.45, 2.75) is 50.6 Å². The highest BCUT2D eigenvalue weighted by atomic mass is 19.3. The molecule has 0 bridgehead atoms. The molecule has 2 aliphatic rings. The first-order valence-corrected chi connectivity index (χ1v) is 9.13. The molecule has 0 radical (unpaired) electrons. The number of amides is 1. The number of carbonyl (C=O) groups excluding carboxylic acids is 1. The monoisotopic (exact) mass is 387 g/mol. The van der Waals surface area contributed by atoms with E-state index in [9.17, 15) is 18.0 Å². The lowest BCUT2D eigenvalue weighted by molar-refractivity contribution is -0.122. The number of carbonyl (C=O) groups is 1. The molecule has 1 aliphatic heterocycles. The lowest BCUT2D eigenvalue weighted by Crippen LogP contribution is -2.40. The van der Waals surface area contributed by atoms with E-state index in [-0.39, 0.29) is 55.6 Å². The van der Waals surface area contributed by atoms with Crippen molar-refractivity contribution in [3.05, 3.63) is 17.4 Å². The van der Waals surface area contributed by atoms with Crippen LogP contribution in [0.1, 0.15) is 37.7 Å². The highest BCUT2D eigenvalue weighted by Crippen LogP contribution is 2.39. The average molecular weight is 387 g/mol. The van der Waals surface area contributed by atoms with E-state index in [2.05, 4.69) is 15.6 Å². The molecule has 1 aromatic rings. The van der Waals surface area contributed by atoms with Crippen molar-refractivity contribution in [3.63, 3.8) is 0 Å². The van der Waals surface area contributed by atoms with Crippen LogP contribution in [0.15, 0.2) is 6.07 Å². The Morgan fingerprint density at radius 3 is 2.85 bits per heavy atom. The number of pyridine rings is 1. The number of hydrogen-bond acceptors (Lipinski definition) is 5. The van der Waals surface area contributed by atoms with Gasteiger partial charge in [-0.25, -0.2) is 13.2 Å². The fraction of sp³-hybridized carbons (Fsp3) is 0.667. The molecule has 0 aromatic carbocycles. The van der Waals surface area contributed by atoms with Crippen LogP contribution in [0.4, 0.5) is 13.2 Å². The molecule has 1 saturated heterocycles. The molecule has 1 aliphatic carbocycles. The Morgan fingerprint density at radius 2 is 2.22 bits per heavy atom. The number of halogens is 3. The normalized spacial score (nSPS) is 24.0. The Bertz CT molecular complexity index is 681. The topological polar surface area (TPSA) is 72.5 Å². The van der Waals surface area contributed by atoms with Crippen LogP contribution in [0.2, 0.25) is 0 Å². The van der Waals surface area contributed by atoms with Crippen LogP contribution >= 0.6 is 0 Å². The number of alkyl halides is 2. The number of methoxy groups -OCH3 is 1. The first kappa shape index (κ1) is 19.7. The molecule has 1 aromatic heterocycles. The molecule has 150 valence electrons. The lowest BCUT2D eigenvalue weighted by Gasteiger charge is -2.15. The van der Waals surface area contributed by atoms with E-state index in [0.29, 0.717) is 12.0 Å². The molecular weight excluding hydrogens is 363 g/mol. The quantitative estimate of drug-likeness (QED) is 0.752. The van der Waals surface area contributed by atoms with Gasteiger partial charge in [-0.1, -0.05) is 0 Å². The number of ether oxygens (including phenoxy) is 2. The van der Waals surface area contributed by atoms with Crippen molar-refractivity contribution in [2.75, 3.05) is 20.3 Å². The van der Waals surface area contributed by atoms with E-state index in [1.54, 1.807) is 0 Å². The Balaban J connectivity index is 1.59. The molecule has 0 unspecified atom stereocenters. The van der Waals surface area contributed by atoms with Crippen LogP contribution in [-0.2, 0) is 11.3 Å². The molecule has 2 fully saturated rings. The first-order chi connectivity index (χ1) is 12.9. The summed E-state index contributed by atoms with van der Waals surface area (Å²) in [6, 6.07) is 0.952. The van der Waals surface area contributed by atoms with Crippen LogP contribution in [-0.4, -0.2) is 43.1 Å². The molecule has 9 heteroatoms. The zero-order valence-electron chi connectivity index (χ0n) is 15.2. The van der Waals surface area contributed by atoms with Crippen molar-refractivity contribution in [3.8, 4) is 11.8 Å².